The van der Waals surface area contributed by atoms with Crippen LogP contribution < -0.4 is 15.5 Å². The summed E-state index contributed by atoms with van der Waals surface area (Å²) < 4.78 is 0. The van der Waals surface area contributed by atoms with Crippen molar-refractivity contribution < 1.29 is 9.59 Å². The smallest absolute Gasteiger partial charge is 0.224 e. The Morgan fingerprint density at radius 3 is 2.78 bits per heavy atom. The van der Waals surface area contributed by atoms with Gasteiger partial charge in [-0.2, -0.15) is 0 Å². The van der Waals surface area contributed by atoms with Crippen LogP contribution in [-0.2, 0) is 9.59 Å². The Morgan fingerprint density at radius 1 is 1.30 bits per heavy atom. The molecule has 2 aliphatic heterocycles. The van der Waals surface area contributed by atoms with Gasteiger partial charge in [-0.05, 0) is 43.0 Å². The fraction of sp³-hybridized carbons (Fsp3) is 0.529. The van der Waals surface area contributed by atoms with Gasteiger partial charge in [-0.15, -0.1) is 0 Å². The van der Waals surface area contributed by atoms with Crippen molar-refractivity contribution in [3.05, 3.63) is 29.3 Å². The minimum absolute atomic E-state index is 0.0449. The summed E-state index contributed by atoms with van der Waals surface area (Å²) in [7, 11) is 0. The molecule has 0 radical (unpaired) electrons. The van der Waals surface area contributed by atoms with E-state index >= 15 is 0 Å². The minimum Gasteiger partial charge on any atom is -0.371 e. The molecule has 124 valence electrons. The van der Waals surface area contributed by atoms with Gasteiger partial charge >= 0.3 is 0 Å². The molecule has 0 saturated carbocycles. The fourth-order valence-electron chi connectivity index (χ4n) is 3.23. The molecule has 0 aromatic heterocycles. The van der Waals surface area contributed by atoms with E-state index in [9.17, 15) is 9.59 Å². The van der Waals surface area contributed by atoms with Crippen LogP contribution in [0.2, 0.25) is 5.02 Å². The number of nitrogens with zero attached hydrogens (tertiary/aromatic N) is 1. The summed E-state index contributed by atoms with van der Waals surface area (Å²) in [5, 5.41) is 6.55. The molecule has 2 atom stereocenters. The Hall–Kier alpha value is -1.75. The van der Waals surface area contributed by atoms with E-state index < -0.39 is 0 Å². The van der Waals surface area contributed by atoms with Crippen molar-refractivity contribution in [1.82, 2.24) is 10.6 Å². The van der Waals surface area contributed by atoms with Crippen LogP contribution >= 0.6 is 11.6 Å². The summed E-state index contributed by atoms with van der Waals surface area (Å²) in [6.07, 6.45) is 2.18. The third-order valence-electron chi connectivity index (χ3n) is 4.68. The van der Waals surface area contributed by atoms with Crippen LogP contribution in [0.15, 0.2) is 24.3 Å². The maximum Gasteiger partial charge on any atom is 0.224 e. The molecule has 2 amide bonds. The minimum atomic E-state index is -0.0820. The van der Waals surface area contributed by atoms with Crippen molar-refractivity contribution in [1.29, 1.82) is 0 Å². The highest BCUT2D eigenvalue weighted by atomic mass is 35.5. The van der Waals surface area contributed by atoms with Crippen molar-refractivity contribution in [3.8, 4) is 0 Å². The first-order valence-corrected chi connectivity index (χ1v) is 8.54. The first-order chi connectivity index (χ1) is 11.1. The number of halogens is 1. The van der Waals surface area contributed by atoms with Crippen molar-refractivity contribution in [3.63, 3.8) is 0 Å². The zero-order chi connectivity index (χ0) is 16.2. The number of anilines is 1. The molecule has 3 rings (SSSR count). The number of amides is 2. The Labute approximate surface area is 141 Å². The summed E-state index contributed by atoms with van der Waals surface area (Å²) in [6.45, 7) is 3.12. The molecule has 2 fully saturated rings. The number of carbonyl (C=O) groups is 2. The molecule has 0 bridgehead atoms. The highest BCUT2D eigenvalue weighted by Crippen LogP contribution is 2.25. The predicted molar refractivity (Wildman–Crippen MR) is 90.5 cm³/mol. The van der Waals surface area contributed by atoms with Crippen molar-refractivity contribution in [2.24, 2.45) is 11.8 Å². The van der Waals surface area contributed by atoms with Gasteiger partial charge < -0.3 is 15.5 Å². The number of hydrogen-bond donors (Lipinski definition) is 2. The van der Waals surface area contributed by atoms with Crippen LogP contribution in [0.3, 0.4) is 0 Å². The Kier molecular flexibility index (Phi) is 5.06. The quantitative estimate of drug-likeness (QED) is 0.882. The normalized spacial score (nSPS) is 24.4. The highest BCUT2D eigenvalue weighted by molar-refractivity contribution is 6.30. The van der Waals surface area contributed by atoms with Gasteiger partial charge in [-0.25, -0.2) is 0 Å². The zero-order valence-electron chi connectivity index (χ0n) is 13.1. The molecule has 2 saturated heterocycles. The largest absolute Gasteiger partial charge is 0.371 e. The summed E-state index contributed by atoms with van der Waals surface area (Å²) in [4.78, 5) is 25.6. The van der Waals surface area contributed by atoms with Gasteiger partial charge in [0.05, 0.1) is 5.92 Å². The molecule has 2 aliphatic rings. The molecule has 1 aromatic carbocycles. The molecular formula is C17H22ClN3O2. The Morgan fingerprint density at radius 2 is 2.09 bits per heavy atom. The number of piperidine rings is 1. The van der Waals surface area contributed by atoms with Crippen LogP contribution in [-0.4, -0.2) is 38.0 Å². The predicted octanol–water partition coefficient (Wildman–Crippen LogP) is 1.81. The van der Waals surface area contributed by atoms with Crippen LogP contribution in [0.5, 0.6) is 0 Å². The van der Waals surface area contributed by atoms with Crippen molar-refractivity contribution in [2.45, 2.75) is 19.3 Å². The van der Waals surface area contributed by atoms with Crippen molar-refractivity contribution >= 4 is 29.1 Å². The van der Waals surface area contributed by atoms with Gasteiger partial charge in [0, 0.05) is 43.3 Å². The second kappa shape index (κ2) is 7.21. The average molecular weight is 336 g/mol. The lowest BCUT2D eigenvalue weighted by Crippen LogP contribution is -2.44. The number of rotatable bonds is 4. The first-order valence-electron chi connectivity index (χ1n) is 8.17. The molecule has 6 heteroatoms. The lowest BCUT2D eigenvalue weighted by atomic mass is 9.98. The molecule has 0 unspecified atom stereocenters. The topological polar surface area (TPSA) is 61.4 Å². The number of carbonyl (C=O) groups excluding carboxylic acids is 2. The number of benzene rings is 1. The molecule has 23 heavy (non-hydrogen) atoms. The lowest BCUT2D eigenvalue weighted by molar-refractivity contribution is -0.129. The summed E-state index contributed by atoms with van der Waals surface area (Å²) >= 11 is 5.92. The van der Waals surface area contributed by atoms with Crippen LogP contribution in [0, 0.1) is 11.8 Å². The third-order valence-corrected chi connectivity index (χ3v) is 4.93. The molecule has 2 N–H and O–H groups in total. The SMILES string of the molecule is O=C1CC[C@H](C(=O)NC[C@@H]2CCN(c3ccc(Cl)cc3)C2)CN1. The second-order valence-corrected chi connectivity index (χ2v) is 6.80. The third kappa shape index (κ3) is 4.16. The molecular weight excluding hydrogens is 314 g/mol. The van der Waals surface area contributed by atoms with Gasteiger partial charge in [0.25, 0.3) is 0 Å². The molecule has 5 nitrogen and oxygen atoms in total. The van der Waals surface area contributed by atoms with Gasteiger partial charge in [0.2, 0.25) is 11.8 Å². The number of nitrogens with one attached hydrogen (secondary N) is 2. The van der Waals surface area contributed by atoms with Gasteiger partial charge in [0.1, 0.15) is 0 Å². The second-order valence-electron chi connectivity index (χ2n) is 6.36. The molecule has 1 aromatic rings. The van der Waals surface area contributed by atoms with Crippen LogP contribution in [0.4, 0.5) is 5.69 Å². The standard InChI is InChI=1S/C17H22ClN3O2/c18-14-2-4-15(5-3-14)21-8-7-12(11-21)9-20-17(23)13-1-6-16(22)19-10-13/h2-5,12-13H,1,6-11H2,(H,19,22)(H,20,23)/t12-,13-/m0/s1. The highest BCUT2D eigenvalue weighted by Gasteiger charge is 2.27. The van der Waals surface area contributed by atoms with E-state index in [1.54, 1.807) is 0 Å². The van der Waals surface area contributed by atoms with Crippen LogP contribution in [0.1, 0.15) is 19.3 Å². The number of hydrogen-bond acceptors (Lipinski definition) is 3. The first kappa shape index (κ1) is 16.1. The monoisotopic (exact) mass is 335 g/mol. The van der Waals surface area contributed by atoms with E-state index in [0.717, 1.165) is 24.5 Å². The van der Waals surface area contributed by atoms with Gasteiger partial charge in [-0.3, -0.25) is 9.59 Å². The maximum atomic E-state index is 12.2. The van der Waals surface area contributed by atoms with E-state index in [2.05, 4.69) is 15.5 Å². The zero-order valence-corrected chi connectivity index (χ0v) is 13.8. The van der Waals surface area contributed by atoms with E-state index in [0.29, 0.717) is 31.8 Å². The van der Waals surface area contributed by atoms with E-state index in [1.165, 1.54) is 5.69 Å². The molecule has 0 aliphatic carbocycles. The van der Waals surface area contributed by atoms with E-state index in [1.807, 2.05) is 24.3 Å². The molecule has 2 heterocycles. The van der Waals surface area contributed by atoms with Gasteiger partial charge in [0.15, 0.2) is 0 Å². The summed E-state index contributed by atoms with van der Waals surface area (Å²) in [6, 6.07) is 7.88. The van der Waals surface area contributed by atoms with Crippen molar-refractivity contribution in [2.75, 3.05) is 31.1 Å². The fourth-order valence-corrected chi connectivity index (χ4v) is 3.36. The summed E-state index contributed by atoms with van der Waals surface area (Å²) in [5.74, 6) is 0.493. The Balaban J connectivity index is 1.44. The lowest BCUT2D eigenvalue weighted by Gasteiger charge is -2.23. The summed E-state index contributed by atoms with van der Waals surface area (Å²) in [5.41, 5.74) is 1.18. The average Bonchev–Trinajstić information content (AvgIpc) is 3.03. The van der Waals surface area contributed by atoms with E-state index in [-0.39, 0.29) is 17.7 Å². The van der Waals surface area contributed by atoms with E-state index in [4.69, 9.17) is 11.6 Å². The molecule has 0 spiro atoms. The maximum absolute atomic E-state index is 12.2. The van der Waals surface area contributed by atoms with Crippen LogP contribution in [0.25, 0.3) is 0 Å². The Bertz CT molecular complexity index is 566. The van der Waals surface area contributed by atoms with Gasteiger partial charge in [-0.1, -0.05) is 11.6 Å².